The van der Waals surface area contributed by atoms with Crippen molar-refractivity contribution in [2.24, 2.45) is 0 Å². The van der Waals surface area contributed by atoms with Gasteiger partial charge >= 0.3 is 0 Å². The Balaban J connectivity index is 2.97. The van der Waals surface area contributed by atoms with E-state index in [1.165, 1.54) is 4.90 Å². The second-order valence-corrected chi connectivity index (χ2v) is 3.63. The van der Waals surface area contributed by atoms with Gasteiger partial charge in [0.2, 0.25) is 5.22 Å². The van der Waals surface area contributed by atoms with Crippen molar-refractivity contribution in [1.82, 2.24) is 4.90 Å². The molecule has 5 heteroatoms. The van der Waals surface area contributed by atoms with E-state index >= 15 is 0 Å². The zero-order chi connectivity index (χ0) is 9.30. The van der Waals surface area contributed by atoms with Crippen LogP contribution in [0.5, 0.6) is 0 Å². The smallest absolute Gasteiger partial charge is 0.289 e. The van der Waals surface area contributed by atoms with Gasteiger partial charge in [-0.05, 0) is 27.5 Å². The van der Waals surface area contributed by atoms with E-state index in [0.717, 1.165) is 0 Å². The highest BCUT2D eigenvalue weighted by Crippen LogP contribution is 2.26. The standard InChI is InChI=1S/C7H7BrClNO2/c1-10(2)7(11)5-3-4(8)6(9)12-5/h3H,1-2H3. The largest absolute Gasteiger partial charge is 0.438 e. The molecule has 0 saturated carbocycles. The third-order valence-corrected chi connectivity index (χ3v) is 2.36. The number of carbonyl (C=O) groups excluding carboxylic acids is 1. The molecule has 3 nitrogen and oxygen atoms in total. The van der Waals surface area contributed by atoms with Crippen molar-refractivity contribution < 1.29 is 9.21 Å². The molecule has 0 spiro atoms. The lowest BCUT2D eigenvalue weighted by Gasteiger charge is -2.05. The van der Waals surface area contributed by atoms with Crippen LogP contribution in [0.15, 0.2) is 15.0 Å². The maximum absolute atomic E-state index is 11.3. The van der Waals surface area contributed by atoms with Gasteiger partial charge in [-0.15, -0.1) is 0 Å². The van der Waals surface area contributed by atoms with Gasteiger partial charge < -0.3 is 9.32 Å². The van der Waals surface area contributed by atoms with E-state index in [1.807, 2.05) is 0 Å². The average Bonchev–Trinajstić information content (AvgIpc) is 2.30. The normalized spacial score (nSPS) is 10.0. The first-order valence-corrected chi connectivity index (χ1v) is 4.36. The van der Waals surface area contributed by atoms with Crippen molar-refractivity contribution in [2.75, 3.05) is 14.1 Å². The van der Waals surface area contributed by atoms with Crippen LogP contribution in [0.4, 0.5) is 0 Å². The first-order valence-electron chi connectivity index (χ1n) is 3.19. The van der Waals surface area contributed by atoms with Crippen LogP contribution in [0, 0.1) is 0 Å². The fourth-order valence-corrected chi connectivity index (χ4v) is 1.10. The molecule has 1 rings (SSSR count). The third-order valence-electron chi connectivity index (χ3n) is 1.26. The number of hydrogen-bond donors (Lipinski definition) is 0. The molecular formula is C7H7BrClNO2. The highest BCUT2D eigenvalue weighted by atomic mass is 79.9. The van der Waals surface area contributed by atoms with Crippen LogP contribution in [-0.2, 0) is 0 Å². The van der Waals surface area contributed by atoms with E-state index in [0.29, 0.717) is 4.47 Å². The zero-order valence-corrected chi connectivity index (χ0v) is 8.94. The van der Waals surface area contributed by atoms with Gasteiger partial charge in [0, 0.05) is 20.2 Å². The lowest BCUT2D eigenvalue weighted by Crippen LogP contribution is -2.20. The minimum absolute atomic E-state index is 0.195. The topological polar surface area (TPSA) is 33.5 Å². The van der Waals surface area contributed by atoms with Gasteiger partial charge in [0.15, 0.2) is 5.76 Å². The molecule has 0 aromatic carbocycles. The van der Waals surface area contributed by atoms with E-state index in [2.05, 4.69) is 15.9 Å². The molecule has 0 bridgehead atoms. The van der Waals surface area contributed by atoms with Crippen molar-refractivity contribution in [3.05, 3.63) is 21.5 Å². The number of carbonyl (C=O) groups is 1. The Morgan fingerprint density at radius 3 is 2.58 bits per heavy atom. The van der Waals surface area contributed by atoms with E-state index < -0.39 is 0 Å². The maximum Gasteiger partial charge on any atom is 0.289 e. The molecule has 0 aliphatic heterocycles. The number of rotatable bonds is 1. The van der Waals surface area contributed by atoms with Crippen LogP contribution in [0.25, 0.3) is 0 Å². The summed E-state index contributed by atoms with van der Waals surface area (Å²) in [6.07, 6.45) is 0. The van der Waals surface area contributed by atoms with Crippen molar-refractivity contribution in [3.8, 4) is 0 Å². The predicted molar refractivity (Wildman–Crippen MR) is 49.4 cm³/mol. The minimum atomic E-state index is -0.206. The van der Waals surface area contributed by atoms with Crippen molar-refractivity contribution >= 4 is 33.4 Å². The van der Waals surface area contributed by atoms with Crippen molar-refractivity contribution in [2.45, 2.75) is 0 Å². The van der Waals surface area contributed by atoms with Crippen LogP contribution in [0.3, 0.4) is 0 Å². The number of nitrogens with zero attached hydrogens (tertiary/aromatic N) is 1. The lowest BCUT2D eigenvalue weighted by molar-refractivity contribution is 0.0797. The maximum atomic E-state index is 11.3. The van der Waals surface area contributed by atoms with Gasteiger partial charge in [0.1, 0.15) is 0 Å². The molecular weight excluding hydrogens is 245 g/mol. The summed E-state index contributed by atoms with van der Waals surface area (Å²) in [5.41, 5.74) is 0. The molecule has 12 heavy (non-hydrogen) atoms. The molecule has 66 valence electrons. The van der Waals surface area contributed by atoms with Gasteiger partial charge in [0.25, 0.3) is 5.91 Å². The number of amides is 1. The molecule has 0 radical (unpaired) electrons. The Morgan fingerprint density at radius 1 is 1.67 bits per heavy atom. The summed E-state index contributed by atoms with van der Waals surface area (Å²) in [5.74, 6) is 0.0273. The van der Waals surface area contributed by atoms with Gasteiger partial charge in [-0.25, -0.2) is 0 Å². The third kappa shape index (κ3) is 1.81. The van der Waals surface area contributed by atoms with Gasteiger partial charge in [-0.3, -0.25) is 4.79 Å². The molecule has 0 saturated heterocycles. The Bertz CT molecular complexity index is 289. The van der Waals surface area contributed by atoms with E-state index in [9.17, 15) is 4.79 Å². The number of furan rings is 1. The molecule has 1 aromatic rings. The number of halogens is 2. The molecule has 0 atom stereocenters. The lowest BCUT2D eigenvalue weighted by atomic mass is 10.4. The average molecular weight is 252 g/mol. The Hall–Kier alpha value is -0.480. The Labute approximate surface area is 83.4 Å². The monoisotopic (exact) mass is 251 g/mol. The summed E-state index contributed by atoms with van der Waals surface area (Å²) in [6, 6.07) is 1.55. The summed E-state index contributed by atoms with van der Waals surface area (Å²) in [5, 5.41) is 0.195. The van der Waals surface area contributed by atoms with Crippen LogP contribution in [0.1, 0.15) is 10.6 Å². The summed E-state index contributed by atoms with van der Waals surface area (Å²) in [7, 11) is 3.29. The second kappa shape index (κ2) is 3.49. The summed E-state index contributed by atoms with van der Waals surface area (Å²) in [4.78, 5) is 12.7. The fraction of sp³-hybridized carbons (Fsp3) is 0.286. The van der Waals surface area contributed by atoms with Crippen LogP contribution in [0.2, 0.25) is 5.22 Å². The van der Waals surface area contributed by atoms with Gasteiger partial charge in [-0.2, -0.15) is 0 Å². The highest BCUT2D eigenvalue weighted by Gasteiger charge is 2.15. The first-order chi connectivity index (χ1) is 5.52. The Morgan fingerprint density at radius 2 is 2.25 bits per heavy atom. The minimum Gasteiger partial charge on any atom is -0.438 e. The zero-order valence-electron chi connectivity index (χ0n) is 6.60. The van der Waals surface area contributed by atoms with Crippen molar-refractivity contribution in [3.63, 3.8) is 0 Å². The molecule has 1 amide bonds. The van der Waals surface area contributed by atoms with Crippen LogP contribution >= 0.6 is 27.5 Å². The highest BCUT2D eigenvalue weighted by molar-refractivity contribution is 9.10. The van der Waals surface area contributed by atoms with Gasteiger partial charge in [0.05, 0.1) is 4.47 Å². The quantitative estimate of drug-likeness (QED) is 0.769. The summed E-state index contributed by atoms with van der Waals surface area (Å²) in [6.45, 7) is 0. The SMILES string of the molecule is CN(C)C(=O)c1cc(Br)c(Cl)o1. The second-order valence-electron chi connectivity index (χ2n) is 2.43. The molecule has 0 N–H and O–H groups in total. The molecule has 0 fully saturated rings. The fourth-order valence-electron chi connectivity index (χ4n) is 0.672. The molecule has 0 unspecified atom stereocenters. The van der Waals surface area contributed by atoms with E-state index in [4.69, 9.17) is 16.0 Å². The van der Waals surface area contributed by atoms with Crippen LogP contribution < -0.4 is 0 Å². The van der Waals surface area contributed by atoms with Crippen LogP contribution in [-0.4, -0.2) is 24.9 Å². The molecule has 0 aliphatic rings. The molecule has 1 heterocycles. The van der Waals surface area contributed by atoms with E-state index in [-0.39, 0.29) is 16.9 Å². The number of hydrogen-bond acceptors (Lipinski definition) is 2. The van der Waals surface area contributed by atoms with Crippen molar-refractivity contribution in [1.29, 1.82) is 0 Å². The first kappa shape index (κ1) is 9.61. The summed E-state index contributed by atoms with van der Waals surface area (Å²) >= 11 is 8.73. The molecule has 0 aliphatic carbocycles. The summed E-state index contributed by atoms with van der Waals surface area (Å²) < 4.78 is 5.56. The predicted octanol–water partition coefficient (Wildman–Crippen LogP) is 2.40. The van der Waals surface area contributed by atoms with E-state index in [1.54, 1.807) is 20.2 Å². The Kier molecular flexibility index (Phi) is 2.80. The van der Waals surface area contributed by atoms with Gasteiger partial charge in [-0.1, -0.05) is 0 Å². The molecule has 1 aromatic heterocycles.